The van der Waals surface area contributed by atoms with Gasteiger partial charge in [0.15, 0.2) is 0 Å². The van der Waals surface area contributed by atoms with Gasteiger partial charge in [0.2, 0.25) is 5.91 Å². The summed E-state index contributed by atoms with van der Waals surface area (Å²) in [5.74, 6) is -0.284. The lowest BCUT2D eigenvalue weighted by Gasteiger charge is -2.15. The van der Waals surface area contributed by atoms with E-state index in [-0.39, 0.29) is 18.2 Å². The Hall–Kier alpha value is -1.66. The van der Waals surface area contributed by atoms with Gasteiger partial charge in [-0.15, -0.1) is 0 Å². The molecule has 0 aliphatic carbocycles. The number of likely N-dealkylation sites (tertiary alicyclic amines) is 1. The third kappa shape index (κ3) is 3.91. The Morgan fingerprint density at radius 1 is 1.55 bits per heavy atom. The number of benzene rings is 1. The van der Waals surface area contributed by atoms with Crippen molar-refractivity contribution in [1.29, 1.82) is 0 Å². The molecule has 1 saturated heterocycles. The number of aliphatic hydroxyl groups excluding tert-OH is 1. The summed E-state index contributed by atoms with van der Waals surface area (Å²) in [7, 11) is 0. The average Bonchev–Trinajstić information content (AvgIpc) is 2.89. The van der Waals surface area contributed by atoms with Gasteiger partial charge >= 0.3 is 0 Å². The molecular weight excluding hydrogens is 261 g/mol. The number of aliphatic hydroxyl groups is 1. The fraction of sp³-hybridized carbons (Fsp3) is 0.500. The Morgan fingerprint density at radius 2 is 2.35 bits per heavy atom. The summed E-state index contributed by atoms with van der Waals surface area (Å²) in [6.45, 7) is 2.63. The number of rotatable bonds is 5. The smallest absolute Gasteiger partial charge is 0.225 e. The Balaban J connectivity index is 1.76. The van der Waals surface area contributed by atoms with Gasteiger partial charge in [-0.1, -0.05) is 0 Å². The molecule has 6 heteroatoms. The SMILES string of the molecule is Nc1cc(NC(=O)CCN2CCC(CO)C2)ccc1F. The second kappa shape index (κ2) is 6.67. The van der Waals surface area contributed by atoms with Crippen LogP contribution >= 0.6 is 0 Å². The standard InChI is InChI=1S/C14H20FN3O2/c15-12-2-1-11(7-13(12)16)17-14(20)4-6-18-5-3-10(8-18)9-19/h1-2,7,10,19H,3-6,8-9,16H2,(H,17,20). The molecule has 1 atom stereocenters. The lowest BCUT2D eigenvalue weighted by molar-refractivity contribution is -0.116. The molecule has 20 heavy (non-hydrogen) atoms. The monoisotopic (exact) mass is 281 g/mol. The zero-order valence-corrected chi connectivity index (χ0v) is 11.3. The van der Waals surface area contributed by atoms with Crippen molar-refractivity contribution in [2.24, 2.45) is 5.92 Å². The molecular formula is C14H20FN3O2. The van der Waals surface area contributed by atoms with E-state index in [1.807, 2.05) is 0 Å². The molecule has 1 aromatic carbocycles. The van der Waals surface area contributed by atoms with Crippen molar-refractivity contribution in [3.8, 4) is 0 Å². The highest BCUT2D eigenvalue weighted by atomic mass is 19.1. The number of nitrogen functional groups attached to an aromatic ring is 1. The molecule has 2 rings (SSSR count). The number of nitrogens with zero attached hydrogens (tertiary/aromatic N) is 1. The largest absolute Gasteiger partial charge is 0.396 e. The highest BCUT2D eigenvalue weighted by Crippen LogP contribution is 2.17. The van der Waals surface area contributed by atoms with Gasteiger partial charge in [0, 0.05) is 31.8 Å². The van der Waals surface area contributed by atoms with Gasteiger partial charge < -0.3 is 21.1 Å². The van der Waals surface area contributed by atoms with E-state index in [4.69, 9.17) is 10.8 Å². The van der Waals surface area contributed by atoms with E-state index in [0.717, 1.165) is 19.5 Å². The summed E-state index contributed by atoms with van der Waals surface area (Å²) in [5.41, 5.74) is 5.97. The highest BCUT2D eigenvalue weighted by molar-refractivity contribution is 5.91. The third-order valence-electron chi connectivity index (χ3n) is 3.56. The number of nitrogens with two attached hydrogens (primary N) is 1. The van der Waals surface area contributed by atoms with Crippen molar-refractivity contribution in [2.45, 2.75) is 12.8 Å². The van der Waals surface area contributed by atoms with Gasteiger partial charge in [-0.3, -0.25) is 4.79 Å². The van der Waals surface area contributed by atoms with Crippen molar-refractivity contribution in [3.05, 3.63) is 24.0 Å². The number of anilines is 2. The van der Waals surface area contributed by atoms with E-state index >= 15 is 0 Å². The molecule has 1 aliphatic heterocycles. The lowest BCUT2D eigenvalue weighted by atomic mass is 10.1. The molecule has 1 heterocycles. The van der Waals surface area contributed by atoms with Gasteiger partial charge in [0.25, 0.3) is 0 Å². The second-order valence-corrected chi connectivity index (χ2v) is 5.17. The minimum atomic E-state index is -0.491. The molecule has 110 valence electrons. The first-order valence-corrected chi connectivity index (χ1v) is 6.76. The molecule has 0 aromatic heterocycles. The van der Waals surface area contributed by atoms with Crippen LogP contribution in [-0.4, -0.2) is 42.2 Å². The van der Waals surface area contributed by atoms with Gasteiger partial charge in [0.05, 0.1) is 5.69 Å². The molecule has 1 aliphatic rings. The quantitative estimate of drug-likeness (QED) is 0.705. The molecule has 0 saturated carbocycles. The number of amides is 1. The van der Waals surface area contributed by atoms with E-state index in [1.54, 1.807) is 0 Å². The molecule has 1 aromatic rings. The van der Waals surface area contributed by atoms with E-state index in [0.29, 0.717) is 24.6 Å². The van der Waals surface area contributed by atoms with E-state index in [9.17, 15) is 9.18 Å². The van der Waals surface area contributed by atoms with Gasteiger partial charge in [-0.05, 0) is 37.1 Å². The minimum Gasteiger partial charge on any atom is -0.396 e. The van der Waals surface area contributed by atoms with E-state index in [1.165, 1.54) is 18.2 Å². The summed E-state index contributed by atoms with van der Waals surface area (Å²) in [6, 6.07) is 4.13. The number of hydrogen-bond acceptors (Lipinski definition) is 4. The Kier molecular flexibility index (Phi) is 4.92. The normalized spacial score (nSPS) is 19.2. The maximum atomic E-state index is 13.0. The minimum absolute atomic E-state index is 0.0214. The molecule has 0 radical (unpaired) electrons. The predicted molar refractivity (Wildman–Crippen MR) is 75.7 cm³/mol. The van der Waals surface area contributed by atoms with Crippen molar-refractivity contribution in [1.82, 2.24) is 4.90 Å². The van der Waals surface area contributed by atoms with Gasteiger partial charge in [0.1, 0.15) is 5.82 Å². The Morgan fingerprint density at radius 3 is 3.00 bits per heavy atom. The molecule has 1 amide bonds. The fourth-order valence-electron chi connectivity index (χ4n) is 2.37. The topological polar surface area (TPSA) is 78.6 Å². The number of hydrogen-bond donors (Lipinski definition) is 3. The first-order valence-electron chi connectivity index (χ1n) is 6.76. The Labute approximate surface area is 117 Å². The predicted octanol–water partition coefficient (Wildman–Crippen LogP) is 1.05. The van der Waals surface area contributed by atoms with Crippen molar-refractivity contribution < 1.29 is 14.3 Å². The van der Waals surface area contributed by atoms with Crippen LogP contribution in [0.1, 0.15) is 12.8 Å². The van der Waals surface area contributed by atoms with Crippen LogP contribution in [0.25, 0.3) is 0 Å². The maximum Gasteiger partial charge on any atom is 0.225 e. The lowest BCUT2D eigenvalue weighted by Crippen LogP contribution is -2.26. The van der Waals surface area contributed by atoms with Gasteiger partial charge in [-0.25, -0.2) is 4.39 Å². The fourth-order valence-corrected chi connectivity index (χ4v) is 2.37. The van der Waals surface area contributed by atoms with Crippen LogP contribution in [-0.2, 0) is 4.79 Å². The number of nitrogens with one attached hydrogen (secondary N) is 1. The van der Waals surface area contributed by atoms with Crippen LogP contribution in [0.4, 0.5) is 15.8 Å². The van der Waals surface area contributed by atoms with Crippen molar-refractivity contribution in [2.75, 3.05) is 37.3 Å². The van der Waals surface area contributed by atoms with Crippen LogP contribution < -0.4 is 11.1 Å². The van der Waals surface area contributed by atoms with Crippen LogP contribution in [0, 0.1) is 11.7 Å². The van der Waals surface area contributed by atoms with Gasteiger partial charge in [-0.2, -0.15) is 0 Å². The zero-order valence-electron chi connectivity index (χ0n) is 11.3. The average molecular weight is 281 g/mol. The summed E-state index contributed by atoms with van der Waals surface area (Å²) in [6.07, 6.45) is 1.35. The number of carbonyl (C=O) groups excluding carboxylic acids is 1. The third-order valence-corrected chi connectivity index (χ3v) is 3.56. The van der Waals surface area contributed by atoms with E-state index < -0.39 is 5.82 Å². The first-order chi connectivity index (χ1) is 9.58. The van der Waals surface area contributed by atoms with Crippen molar-refractivity contribution in [3.63, 3.8) is 0 Å². The molecule has 4 N–H and O–H groups in total. The molecule has 0 bridgehead atoms. The number of halogens is 1. The zero-order chi connectivity index (χ0) is 14.5. The summed E-state index contributed by atoms with van der Waals surface area (Å²) in [5, 5.41) is 11.8. The maximum absolute atomic E-state index is 13.0. The molecule has 0 spiro atoms. The first kappa shape index (κ1) is 14.7. The highest BCUT2D eigenvalue weighted by Gasteiger charge is 2.21. The van der Waals surface area contributed by atoms with Crippen LogP contribution in [0.5, 0.6) is 0 Å². The van der Waals surface area contributed by atoms with Crippen LogP contribution in [0.15, 0.2) is 18.2 Å². The van der Waals surface area contributed by atoms with Crippen LogP contribution in [0.2, 0.25) is 0 Å². The summed E-state index contributed by atoms with van der Waals surface area (Å²) >= 11 is 0. The van der Waals surface area contributed by atoms with E-state index in [2.05, 4.69) is 10.2 Å². The number of carbonyl (C=O) groups is 1. The van der Waals surface area contributed by atoms with Crippen LogP contribution in [0.3, 0.4) is 0 Å². The second-order valence-electron chi connectivity index (χ2n) is 5.17. The molecule has 1 fully saturated rings. The molecule has 1 unspecified atom stereocenters. The Bertz CT molecular complexity index is 481. The van der Waals surface area contributed by atoms with Crippen molar-refractivity contribution >= 4 is 17.3 Å². The summed E-state index contributed by atoms with van der Waals surface area (Å²) in [4.78, 5) is 14.0. The summed E-state index contributed by atoms with van der Waals surface area (Å²) < 4.78 is 13.0. The molecule has 5 nitrogen and oxygen atoms in total.